The summed E-state index contributed by atoms with van der Waals surface area (Å²) in [5.41, 5.74) is 4.66. The topological polar surface area (TPSA) is 69.4 Å². The maximum Gasteiger partial charge on any atom is 0.330 e. The third-order valence-corrected chi connectivity index (χ3v) is 0.585. The number of amides is 1. The van der Waals surface area contributed by atoms with E-state index in [9.17, 15) is 9.59 Å². The molecule has 0 bridgehead atoms. The second kappa shape index (κ2) is 3.65. The Balaban J connectivity index is 3.71. The minimum atomic E-state index is -0.666. The molecule has 0 aliphatic carbocycles. The highest BCUT2D eigenvalue weighted by atomic mass is 16.5. The van der Waals surface area contributed by atoms with Crippen molar-refractivity contribution >= 4 is 11.9 Å². The molecular weight excluding hydrogens is 122 g/mol. The fraction of sp³-hybridized carbons (Fsp3) is 0.200. The van der Waals surface area contributed by atoms with E-state index >= 15 is 0 Å². The van der Waals surface area contributed by atoms with Crippen LogP contribution in [-0.4, -0.2) is 19.0 Å². The molecule has 9 heavy (non-hydrogen) atoms. The van der Waals surface area contributed by atoms with Crippen LogP contribution in [0.4, 0.5) is 0 Å². The van der Waals surface area contributed by atoms with Gasteiger partial charge >= 0.3 is 5.97 Å². The van der Waals surface area contributed by atoms with Gasteiger partial charge in [0, 0.05) is 12.2 Å². The average Bonchev–Trinajstić information content (AvgIpc) is 1.83. The lowest BCUT2D eigenvalue weighted by molar-refractivity contribution is -0.135. The van der Waals surface area contributed by atoms with Crippen LogP contribution in [0.5, 0.6) is 0 Å². The molecule has 0 radical (unpaired) electrons. The van der Waals surface area contributed by atoms with Crippen molar-refractivity contribution in [1.82, 2.24) is 0 Å². The fourth-order valence-corrected chi connectivity index (χ4v) is 0.218. The lowest BCUT2D eigenvalue weighted by Gasteiger charge is -1.86. The van der Waals surface area contributed by atoms with Gasteiger partial charge < -0.3 is 10.5 Å². The number of primary amides is 1. The van der Waals surface area contributed by atoms with Crippen LogP contribution in [0, 0.1) is 0 Å². The van der Waals surface area contributed by atoms with Crippen LogP contribution < -0.4 is 5.73 Å². The predicted octanol–water partition coefficient (Wildman–Crippen LogP) is -0.799. The summed E-state index contributed by atoms with van der Waals surface area (Å²) < 4.78 is 4.17. The number of esters is 1. The summed E-state index contributed by atoms with van der Waals surface area (Å²) in [7, 11) is 1.22. The van der Waals surface area contributed by atoms with Crippen LogP contribution in [0.25, 0.3) is 0 Å². The molecule has 0 saturated carbocycles. The maximum absolute atomic E-state index is 10.2. The van der Waals surface area contributed by atoms with Crippen LogP contribution in [-0.2, 0) is 14.3 Å². The van der Waals surface area contributed by atoms with Gasteiger partial charge in [-0.05, 0) is 0 Å². The van der Waals surface area contributed by atoms with E-state index in [0.717, 1.165) is 12.2 Å². The monoisotopic (exact) mass is 129 g/mol. The van der Waals surface area contributed by atoms with Gasteiger partial charge in [0.2, 0.25) is 5.91 Å². The third kappa shape index (κ3) is 4.53. The van der Waals surface area contributed by atoms with Gasteiger partial charge in [-0.25, -0.2) is 4.79 Å². The van der Waals surface area contributed by atoms with E-state index in [-0.39, 0.29) is 0 Å². The van der Waals surface area contributed by atoms with Crippen molar-refractivity contribution in [2.24, 2.45) is 5.73 Å². The van der Waals surface area contributed by atoms with Gasteiger partial charge in [-0.1, -0.05) is 0 Å². The zero-order valence-corrected chi connectivity index (χ0v) is 4.96. The molecule has 0 fully saturated rings. The SMILES string of the molecule is COC(=O)C=CC(N)=O. The van der Waals surface area contributed by atoms with Gasteiger partial charge in [0.05, 0.1) is 7.11 Å². The molecule has 0 saturated heterocycles. The van der Waals surface area contributed by atoms with Crippen molar-refractivity contribution < 1.29 is 14.3 Å². The minimum absolute atomic E-state index is 0.589. The quantitative estimate of drug-likeness (QED) is 0.392. The summed E-state index contributed by atoms with van der Waals surface area (Å²) in [5, 5.41) is 0. The Hall–Kier alpha value is -1.32. The fourth-order valence-electron chi connectivity index (χ4n) is 0.218. The molecule has 0 atom stereocenters. The molecular formula is C5H7NO3. The first kappa shape index (κ1) is 7.68. The number of carbonyl (C=O) groups is 2. The Labute approximate surface area is 52.3 Å². The standard InChI is InChI=1S/C5H7NO3/c1-9-5(8)3-2-4(6)7/h2-3H,1H3,(H2,6,7). The van der Waals surface area contributed by atoms with E-state index in [2.05, 4.69) is 10.5 Å². The number of hydrogen-bond acceptors (Lipinski definition) is 3. The molecule has 50 valence electrons. The number of carbonyl (C=O) groups excluding carboxylic acids is 2. The van der Waals surface area contributed by atoms with E-state index < -0.39 is 11.9 Å². The number of methoxy groups -OCH3 is 1. The zero-order valence-electron chi connectivity index (χ0n) is 4.96. The van der Waals surface area contributed by atoms with E-state index in [4.69, 9.17) is 0 Å². The van der Waals surface area contributed by atoms with Crippen molar-refractivity contribution in [2.75, 3.05) is 7.11 Å². The first-order valence-electron chi connectivity index (χ1n) is 2.22. The van der Waals surface area contributed by atoms with Crippen molar-refractivity contribution in [3.8, 4) is 0 Å². The molecule has 0 aromatic carbocycles. The Morgan fingerprint density at radius 1 is 1.44 bits per heavy atom. The molecule has 4 nitrogen and oxygen atoms in total. The number of ether oxygens (including phenoxy) is 1. The maximum atomic E-state index is 10.2. The number of nitrogens with two attached hydrogens (primary N) is 1. The molecule has 0 unspecified atom stereocenters. The second-order valence-electron chi connectivity index (χ2n) is 1.26. The van der Waals surface area contributed by atoms with Gasteiger partial charge in [0.1, 0.15) is 0 Å². The predicted molar refractivity (Wildman–Crippen MR) is 30.4 cm³/mol. The molecule has 0 aromatic heterocycles. The Bertz CT molecular complexity index is 150. The van der Waals surface area contributed by atoms with Crippen LogP contribution in [0.15, 0.2) is 12.2 Å². The normalized spacial score (nSPS) is 9.44. The van der Waals surface area contributed by atoms with Gasteiger partial charge in [-0.3, -0.25) is 4.79 Å². The molecule has 0 heterocycles. The molecule has 1 amide bonds. The van der Waals surface area contributed by atoms with Gasteiger partial charge in [-0.15, -0.1) is 0 Å². The molecule has 0 aliphatic rings. The molecule has 0 aliphatic heterocycles. The van der Waals surface area contributed by atoms with Crippen LogP contribution >= 0.6 is 0 Å². The molecule has 0 rings (SSSR count). The van der Waals surface area contributed by atoms with Crippen molar-refractivity contribution in [3.05, 3.63) is 12.2 Å². The largest absolute Gasteiger partial charge is 0.466 e. The highest BCUT2D eigenvalue weighted by Gasteiger charge is 1.90. The first-order chi connectivity index (χ1) is 4.16. The average molecular weight is 129 g/mol. The number of rotatable bonds is 2. The summed E-state index contributed by atoms with van der Waals surface area (Å²) in [6.45, 7) is 0. The van der Waals surface area contributed by atoms with Crippen LogP contribution in [0.1, 0.15) is 0 Å². The summed E-state index contributed by atoms with van der Waals surface area (Å²) in [5.74, 6) is -1.26. The second-order valence-corrected chi connectivity index (χ2v) is 1.26. The van der Waals surface area contributed by atoms with Gasteiger partial charge in [0.25, 0.3) is 0 Å². The molecule has 0 aromatic rings. The van der Waals surface area contributed by atoms with E-state index in [1.807, 2.05) is 0 Å². The van der Waals surface area contributed by atoms with Crippen molar-refractivity contribution in [3.63, 3.8) is 0 Å². The molecule has 0 spiro atoms. The van der Waals surface area contributed by atoms with Crippen molar-refractivity contribution in [1.29, 1.82) is 0 Å². The Morgan fingerprint density at radius 2 is 2.00 bits per heavy atom. The van der Waals surface area contributed by atoms with Crippen LogP contribution in [0.2, 0.25) is 0 Å². The Kier molecular flexibility index (Phi) is 3.12. The molecule has 2 N–H and O–H groups in total. The smallest absolute Gasteiger partial charge is 0.330 e. The summed E-state index contributed by atoms with van der Waals surface area (Å²) in [6, 6.07) is 0. The lowest BCUT2D eigenvalue weighted by atomic mass is 10.5. The third-order valence-electron chi connectivity index (χ3n) is 0.585. The minimum Gasteiger partial charge on any atom is -0.466 e. The van der Waals surface area contributed by atoms with Crippen LogP contribution in [0.3, 0.4) is 0 Å². The van der Waals surface area contributed by atoms with Gasteiger partial charge in [-0.2, -0.15) is 0 Å². The zero-order chi connectivity index (χ0) is 7.28. The summed E-state index contributed by atoms with van der Waals surface area (Å²) in [6.07, 6.45) is 1.90. The highest BCUT2D eigenvalue weighted by Crippen LogP contribution is 1.75. The van der Waals surface area contributed by atoms with E-state index in [0.29, 0.717) is 0 Å². The van der Waals surface area contributed by atoms with Crippen molar-refractivity contribution in [2.45, 2.75) is 0 Å². The van der Waals surface area contributed by atoms with Gasteiger partial charge in [0.15, 0.2) is 0 Å². The summed E-state index contributed by atoms with van der Waals surface area (Å²) >= 11 is 0. The Morgan fingerprint density at radius 3 is 2.33 bits per heavy atom. The first-order valence-corrected chi connectivity index (χ1v) is 2.22. The summed E-state index contributed by atoms with van der Waals surface area (Å²) in [4.78, 5) is 20.1. The highest BCUT2D eigenvalue weighted by molar-refractivity contribution is 5.93. The molecule has 4 heteroatoms. The van der Waals surface area contributed by atoms with E-state index in [1.54, 1.807) is 0 Å². The number of hydrogen-bond donors (Lipinski definition) is 1. The van der Waals surface area contributed by atoms with E-state index in [1.165, 1.54) is 7.11 Å². The lowest BCUT2D eigenvalue weighted by Crippen LogP contribution is -2.07.